The van der Waals surface area contributed by atoms with Crippen LogP contribution in [-0.4, -0.2) is 49.2 Å². The van der Waals surface area contributed by atoms with Crippen LogP contribution < -0.4 is 10.6 Å². The van der Waals surface area contributed by atoms with Gasteiger partial charge in [0.05, 0.1) is 12.8 Å². The summed E-state index contributed by atoms with van der Waals surface area (Å²) in [5, 5.41) is 17.0. The summed E-state index contributed by atoms with van der Waals surface area (Å²) in [6.45, 7) is 7.25. The first kappa shape index (κ1) is 20.0. The lowest BCUT2D eigenvalue weighted by atomic mass is 10.0. The van der Waals surface area contributed by atoms with E-state index in [1.807, 2.05) is 13.0 Å². The fourth-order valence-corrected chi connectivity index (χ4v) is 2.58. The van der Waals surface area contributed by atoms with E-state index in [-0.39, 0.29) is 6.54 Å². The Morgan fingerprint density at radius 3 is 2.62 bits per heavy atom. The maximum absolute atomic E-state index is 10.5. The van der Waals surface area contributed by atoms with E-state index >= 15 is 0 Å². The highest BCUT2D eigenvalue weighted by atomic mass is 16.4. The molecule has 26 heavy (non-hydrogen) atoms. The van der Waals surface area contributed by atoms with Gasteiger partial charge < -0.3 is 25.1 Å². The van der Waals surface area contributed by atoms with Crippen LogP contribution in [0.4, 0.5) is 0 Å². The van der Waals surface area contributed by atoms with Gasteiger partial charge in [-0.3, -0.25) is 0 Å². The summed E-state index contributed by atoms with van der Waals surface area (Å²) in [6.07, 6.45) is 1.56. The molecule has 0 bridgehead atoms. The van der Waals surface area contributed by atoms with Gasteiger partial charge >= 0.3 is 0 Å². The van der Waals surface area contributed by atoms with E-state index in [2.05, 4.69) is 51.8 Å². The van der Waals surface area contributed by atoms with Gasteiger partial charge in [-0.1, -0.05) is 30.3 Å². The minimum absolute atomic E-state index is 0.218. The first-order valence-electron chi connectivity index (χ1n) is 9.02. The average molecular weight is 358 g/mol. The molecule has 0 spiro atoms. The molecule has 0 fully saturated rings. The summed E-state index contributed by atoms with van der Waals surface area (Å²) in [7, 11) is 2.10. The summed E-state index contributed by atoms with van der Waals surface area (Å²) < 4.78 is 5.29. The Bertz CT molecular complexity index is 654. The fourth-order valence-electron chi connectivity index (χ4n) is 2.58. The third-order valence-corrected chi connectivity index (χ3v) is 4.02. The topological polar surface area (TPSA) is 73.0 Å². The van der Waals surface area contributed by atoms with Gasteiger partial charge in [0.1, 0.15) is 11.4 Å². The molecular formula is C20H30N4O2. The predicted octanol–water partition coefficient (Wildman–Crippen LogP) is 2.17. The number of aliphatic imine (C=N–C) groups is 1. The Balaban J connectivity index is 1.81. The minimum atomic E-state index is -1.13. The van der Waals surface area contributed by atoms with Crippen LogP contribution in [0.15, 0.2) is 58.1 Å². The zero-order valence-electron chi connectivity index (χ0n) is 15.9. The van der Waals surface area contributed by atoms with E-state index in [1.165, 1.54) is 5.56 Å². The van der Waals surface area contributed by atoms with E-state index in [1.54, 1.807) is 25.3 Å². The number of benzene rings is 1. The third kappa shape index (κ3) is 6.54. The van der Waals surface area contributed by atoms with E-state index in [0.29, 0.717) is 11.7 Å². The monoisotopic (exact) mass is 358 g/mol. The largest absolute Gasteiger partial charge is 0.466 e. The molecule has 0 aliphatic heterocycles. The molecule has 1 unspecified atom stereocenters. The van der Waals surface area contributed by atoms with Gasteiger partial charge in [-0.05, 0) is 38.6 Å². The molecule has 2 rings (SSSR count). The lowest BCUT2D eigenvalue weighted by Gasteiger charge is -2.21. The number of aliphatic hydroxyl groups is 1. The smallest absolute Gasteiger partial charge is 0.191 e. The van der Waals surface area contributed by atoms with Crippen molar-refractivity contribution >= 4 is 5.96 Å². The molecule has 142 valence electrons. The molecule has 0 saturated heterocycles. The van der Waals surface area contributed by atoms with Crippen molar-refractivity contribution in [1.29, 1.82) is 0 Å². The highest BCUT2D eigenvalue weighted by molar-refractivity contribution is 5.79. The zero-order valence-corrected chi connectivity index (χ0v) is 15.9. The van der Waals surface area contributed by atoms with Crippen LogP contribution in [-0.2, 0) is 12.1 Å². The number of nitrogens with one attached hydrogen (secondary N) is 2. The van der Waals surface area contributed by atoms with Crippen molar-refractivity contribution < 1.29 is 9.52 Å². The maximum atomic E-state index is 10.5. The van der Waals surface area contributed by atoms with Crippen LogP contribution in [0.1, 0.15) is 25.2 Å². The van der Waals surface area contributed by atoms with Crippen LogP contribution in [0.5, 0.6) is 0 Å². The first-order valence-corrected chi connectivity index (χ1v) is 9.02. The van der Waals surface area contributed by atoms with Gasteiger partial charge in [0.15, 0.2) is 5.96 Å². The van der Waals surface area contributed by atoms with E-state index in [4.69, 9.17) is 4.42 Å². The molecule has 2 aromatic rings. The predicted molar refractivity (Wildman–Crippen MR) is 105 cm³/mol. The van der Waals surface area contributed by atoms with Crippen molar-refractivity contribution in [2.75, 3.05) is 33.2 Å². The van der Waals surface area contributed by atoms with Crippen LogP contribution >= 0.6 is 0 Å². The van der Waals surface area contributed by atoms with Gasteiger partial charge in [0.25, 0.3) is 0 Å². The van der Waals surface area contributed by atoms with Crippen molar-refractivity contribution in [3.63, 3.8) is 0 Å². The molecule has 0 saturated carbocycles. The van der Waals surface area contributed by atoms with Gasteiger partial charge in [-0.25, -0.2) is 4.99 Å². The number of likely N-dealkylation sites (N-methyl/N-ethyl adjacent to an activating group) is 1. The number of hydrogen-bond donors (Lipinski definition) is 3. The Morgan fingerprint density at radius 2 is 1.96 bits per heavy atom. The van der Waals surface area contributed by atoms with Crippen LogP contribution in [0, 0.1) is 0 Å². The summed E-state index contributed by atoms with van der Waals surface area (Å²) in [6, 6.07) is 13.9. The molecule has 1 aromatic heterocycles. The molecule has 0 amide bonds. The van der Waals surface area contributed by atoms with Crippen molar-refractivity contribution in [3.05, 3.63) is 60.1 Å². The highest BCUT2D eigenvalue weighted by Crippen LogP contribution is 2.20. The Hall–Kier alpha value is -2.31. The van der Waals surface area contributed by atoms with Gasteiger partial charge in [0.2, 0.25) is 0 Å². The summed E-state index contributed by atoms with van der Waals surface area (Å²) >= 11 is 0. The second kappa shape index (κ2) is 9.99. The van der Waals surface area contributed by atoms with E-state index in [0.717, 1.165) is 26.2 Å². The number of guanidine groups is 1. The van der Waals surface area contributed by atoms with Crippen LogP contribution in [0.25, 0.3) is 0 Å². The van der Waals surface area contributed by atoms with Crippen molar-refractivity contribution in [2.24, 2.45) is 4.99 Å². The number of nitrogens with zero attached hydrogens (tertiary/aromatic N) is 2. The normalized spacial score (nSPS) is 14.3. The molecule has 6 nitrogen and oxygen atoms in total. The lowest BCUT2D eigenvalue weighted by molar-refractivity contribution is 0.0437. The number of hydrogen-bond acceptors (Lipinski definition) is 4. The Morgan fingerprint density at radius 1 is 1.19 bits per heavy atom. The molecule has 0 aliphatic rings. The summed E-state index contributed by atoms with van der Waals surface area (Å²) in [5.74, 6) is 1.20. The molecular weight excluding hydrogens is 328 g/mol. The Labute approximate surface area is 155 Å². The van der Waals surface area contributed by atoms with E-state index < -0.39 is 5.60 Å². The van der Waals surface area contributed by atoms with Gasteiger partial charge in [0, 0.05) is 26.2 Å². The van der Waals surface area contributed by atoms with Crippen LogP contribution in [0.3, 0.4) is 0 Å². The molecule has 3 N–H and O–H groups in total. The minimum Gasteiger partial charge on any atom is -0.466 e. The zero-order chi connectivity index (χ0) is 18.8. The lowest BCUT2D eigenvalue weighted by Crippen LogP contribution is -2.41. The van der Waals surface area contributed by atoms with Gasteiger partial charge in [-0.2, -0.15) is 0 Å². The average Bonchev–Trinajstić information content (AvgIpc) is 3.16. The number of furan rings is 1. The Kier molecular flexibility index (Phi) is 7.69. The molecule has 1 aromatic carbocycles. The standard InChI is InChI=1S/C20H30N4O2/c1-4-21-19(23-16-20(2,25)18-11-8-14-26-18)22-12-13-24(3)15-17-9-6-5-7-10-17/h5-11,14,25H,4,12-13,15-16H2,1-3H3,(H2,21,22,23). The van der Waals surface area contributed by atoms with Gasteiger partial charge in [-0.15, -0.1) is 0 Å². The van der Waals surface area contributed by atoms with Crippen LogP contribution in [0.2, 0.25) is 0 Å². The molecule has 6 heteroatoms. The quantitative estimate of drug-likeness (QED) is 0.473. The molecule has 1 atom stereocenters. The molecule has 0 aliphatic carbocycles. The first-order chi connectivity index (χ1) is 12.5. The second-order valence-corrected chi connectivity index (χ2v) is 6.60. The summed E-state index contributed by atoms with van der Waals surface area (Å²) in [5.41, 5.74) is 0.167. The molecule has 0 radical (unpaired) electrons. The molecule has 1 heterocycles. The number of rotatable bonds is 9. The third-order valence-electron chi connectivity index (χ3n) is 4.02. The fraction of sp³-hybridized carbons (Fsp3) is 0.450. The van der Waals surface area contributed by atoms with Crippen molar-refractivity contribution in [2.45, 2.75) is 26.0 Å². The van der Waals surface area contributed by atoms with E-state index in [9.17, 15) is 5.11 Å². The van der Waals surface area contributed by atoms with Crippen molar-refractivity contribution in [1.82, 2.24) is 15.5 Å². The summed E-state index contributed by atoms with van der Waals surface area (Å²) in [4.78, 5) is 6.74. The second-order valence-electron chi connectivity index (χ2n) is 6.60. The van der Waals surface area contributed by atoms with Crippen molar-refractivity contribution in [3.8, 4) is 0 Å². The SMILES string of the molecule is CCNC(=NCC(C)(O)c1ccco1)NCCN(C)Cc1ccccc1. The highest BCUT2D eigenvalue weighted by Gasteiger charge is 2.26. The maximum Gasteiger partial charge on any atom is 0.191 e.